The van der Waals surface area contributed by atoms with Crippen molar-refractivity contribution in [3.8, 4) is 0 Å². The highest BCUT2D eigenvalue weighted by Gasteiger charge is 1.71. The van der Waals surface area contributed by atoms with Crippen LogP contribution in [0.2, 0.25) is 0 Å². The normalized spacial score (nSPS) is 7.60. The summed E-state index contributed by atoms with van der Waals surface area (Å²) in [6, 6.07) is 0. The fourth-order valence-electron chi connectivity index (χ4n) is 0. The fourth-order valence-corrected chi connectivity index (χ4v) is 0. The van der Waals surface area contributed by atoms with Gasteiger partial charge in [0.25, 0.3) is 0 Å². The maximum Gasteiger partial charge on any atom is 0.0951 e. The molecule has 0 aliphatic rings. The minimum absolute atomic E-state index is 0.861. The first-order chi connectivity index (χ1) is 2.27. The first-order valence-corrected chi connectivity index (χ1v) is 1.71. The lowest BCUT2D eigenvalue weighted by molar-refractivity contribution is -0.355. The van der Waals surface area contributed by atoms with Gasteiger partial charge in [-0.2, -0.15) is 0 Å². The van der Waals surface area contributed by atoms with E-state index in [1.165, 1.54) is 0 Å². The van der Waals surface area contributed by atoms with E-state index in [2.05, 4.69) is 12.3 Å². The highest BCUT2D eigenvalue weighted by Crippen LogP contribution is 1.72. The van der Waals surface area contributed by atoms with Crippen molar-refractivity contribution in [2.24, 2.45) is 0 Å². The van der Waals surface area contributed by atoms with Gasteiger partial charge in [-0.1, -0.05) is 6.58 Å². The predicted octanol–water partition coefficient (Wildman–Crippen LogP) is -0.196. The van der Waals surface area contributed by atoms with Crippen molar-refractivity contribution in [3.63, 3.8) is 0 Å². The van der Waals surface area contributed by atoms with Gasteiger partial charge in [0, 0.05) is 0 Å². The smallest absolute Gasteiger partial charge is 0.0951 e. The lowest BCUT2D eigenvalue weighted by Crippen LogP contribution is -2.50. The Kier molecular flexibility index (Phi) is 1.85. The third kappa shape index (κ3) is 3.70. The molecule has 0 aromatic rings. The zero-order chi connectivity index (χ0) is 4.28. The number of hydrogen-bond acceptors (Lipinski definition) is 0. The van der Waals surface area contributed by atoms with Crippen molar-refractivity contribution in [2.45, 2.75) is 6.92 Å². The summed E-state index contributed by atoms with van der Waals surface area (Å²) in [4.78, 5) is 0. The highest BCUT2D eigenvalue weighted by atomic mass is 14.5. The maximum absolute atomic E-state index is 3.61. The Morgan fingerprint density at radius 3 is 2.20 bits per heavy atom. The fraction of sp³-hybridized carbons (Fsp3) is 0.500. The standard InChI is InChI=1S/C4H9N/c1-4(2)3-5/h1,3,5H2,2H3/p+1. The number of quaternary nitrogens is 1. The van der Waals surface area contributed by atoms with E-state index in [-0.39, 0.29) is 0 Å². The Hall–Kier alpha value is -0.300. The molecule has 0 bridgehead atoms. The number of hydrogen-bond donors (Lipinski definition) is 1. The predicted molar refractivity (Wildman–Crippen MR) is 22.6 cm³/mol. The minimum atomic E-state index is 0.861. The lowest BCUT2D eigenvalue weighted by atomic mass is 10.4. The molecule has 0 unspecified atom stereocenters. The second-order valence-electron chi connectivity index (χ2n) is 1.21. The number of rotatable bonds is 1. The summed E-state index contributed by atoms with van der Waals surface area (Å²) in [5.74, 6) is 0. The highest BCUT2D eigenvalue weighted by molar-refractivity contribution is 4.85. The van der Waals surface area contributed by atoms with Crippen molar-refractivity contribution in [1.82, 2.24) is 0 Å². The van der Waals surface area contributed by atoms with Gasteiger partial charge in [-0.05, 0) is 12.5 Å². The van der Waals surface area contributed by atoms with Crippen LogP contribution in [-0.4, -0.2) is 6.54 Å². The summed E-state index contributed by atoms with van der Waals surface area (Å²) >= 11 is 0. The van der Waals surface area contributed by atoms with Crippen molar-refractivity contribution in [1.29, 1.82) is 0 Å². The molecule has 0 aromatic carbocycles. The molecule has 0 aliphatic carbocycles. The van der Waals surface area contributed by atoms with Crippen LogP contribution in [0.3, 0.4) is 0 Å². The van der Waals surface area contributed by atoms with E-state index in [1.54, 1.807) is 0 Å². The molecule has 5 heavy (non-hydrogen) atoms. The van der Waals surface area contributed by atoms with E-state index in [1.807, 2.05) is 6.92 Å². The molecule has 0 aliphatic heterocycles. The SMILES string of the molecule is C=C(C)C[NH3+]. The van der Waals surface area contributed by atoms with Crippen molar-refractivity contribution in [2.75, 3.05) is 6.54 Å². The third-order valence-corrected chi connectivity index (χ3v) is 0.427. The summed E-state index contributed by atoms with van der Waals surface area (Å²) in [5, 5.41) is 0. The molecule has 1 heteroatoms. The van der Waals surface area contributed by atoms with E-state index in [0.29, 0.717) is 0 Å². The largest absolute Gasteiger partial charge is 0.354 e. The Morgan fingerprint density at radius 1 is 2.00 bits per heavy atom. The van der Waals surface area contributed by atoms with Crippen LogP contribution in [-0.2, 0) is 0 Å². The minimum Gasteiger partial charge on any atom is -0.354 e. The van der Waals surface area contributed by atoms with Crippen molar-refractivity contribution in [3.05, 3.63) is 12.2 Å². The molecule has 0 radical (unpaired) electrons. The van der Waals surface area contributed by atoms with Gasteiger partial charge >= 0.3 is 0 Å². The van der Waals surface area contributed by atoms with Gasteiger partial charge in [0.2, 0.25) is 0 Å². The summed E-state index contributed by atoms with van der Waals surface area (Å²) in [5.41, 5.74) is 4.73. The zero-order valence-corrected chi connectivity index (χ0v) is 3.62. The molecule has 0 spiro atoms. The third-order valence-electron chi connectivity index (χ3n) is 0.427. The summed E-state index contributed by atoms with van der Waals surface area (Å²) < 4.78 is 0. The van der Waals surface area contributed by atoms with Gasteiger partial charge in [-0.15, -0.1) is 0 Å². The van der Waals surface area contributed by atoms with Crippen molar-refractivity contribution >= 4 is 0 Å². The van der Waals surface area contributed by atoms with Gasteiger partial charge < -0.3 is 5.73 Å². The van der Waals surface area contributed by atoms with Gasteiger partial charge in [0.1, 0.15) is 0 Å². The van der Waals surface area contributed by atoms with Crippen LogP contribution in [0.5, 0.6) is 0 Å². The molecule has 1 nitrogen and oxygen atoms in total. The van der Waals surface area contributed by atoms with E-state index in [0.717, 1.165) is 12.1 Å². The molecule has 0 atom stereocenters. The molecular weight excluding hydrogens is 62.1 g/mol. The average Bonchev–Trinajstić information content (AvgIpc) is 1.38. The zero-order valence-electron chi connectivity index (χ0n) is 3.62. The van der Waals surface area contributed by atoms with Crippen LogP contribution in [0.25, 0.3) is 0 Å². The van der Waals surface area contributed by atoms with Gasteiger partial charge in [0.05, 0.1) is 6.54 Å². The van der Waals surface area contributed by atoms with E-state index in [4.69, 9.17) is 0 Å². The monoisotopic (exact) mass is 72.1 g/mol. The Morgan fingerprint density at radius 2 is 2.20 bits per heavy atom. The second-order valence-corrected chi connectivity index (χ2v) is 1.21. The Balaban J connectivity index is 2.85. The molecule has 3 N–H and O–H groups in total. The van der Waals surface area contributed by atoms with E-state index in [9.17, 15) is 0 Å². The maximum atomic E-state index is 3.61. The second kappa shape index (κ2) is 1.97. The molecule has 0 saturated carbocycles. The van der Waals surface area contributed by atoms with Crippen LogP contribution in [0.15, 0.2) is 12.2 Å². The Bertz CT molecular complexity index is 38.9. The van der Waals surface area contributed by atoms with E-state index < -0.39 is 0 Å². The van der Waals surface area contributed by atoms with Gasteiger partial charge in [-0.25, -0.2) is 0 Å². The average molecular weight is 72.1 g/mol. The molecular formula is C4H10N+. The van der Waals surface area contributed by atoms with Crippen molar-refractivity contribution < 1.29 is 5.73 Å². The molecule has 0 aromatic heterocycles. The first kappa shape index (κ1) is 4.70. The van der Waals surface area contributed by atoms with Crippen LogP contribution >= 0.6 is 0 Å². The van der Waals surface area contributed by atoms with Crippen LogP contribution in [0, 0.1) is 0 Å². The van der Waals surface area contributed by atoms with Crippen LogP contribution in [0.4, 0.5) is 0 Å². The van der Waals surface area contributed by atoms with Crippen LogP contribution < -0.4 is 5.73 Å². The van der Waals surface area contributed by atoms with Gasteiger partial charge in [0.15, 0.2) is 0 Å². The summed E-state index contributed by atoms with van der Waals surface area (Å²) in [6.45, 7) is 6.44. The first-order valence-electron chi connectivity index (χ1n) is 1.71. The molecule has 0 amide bonds. The van der Waals surface area contributed by atoms with Gasteiger partial charge in [-0.3, -0.25) is 0 Å². The molecule has 0 fully saturated rings. The molecule has 0 saturated heterocycles. The lowest BCUT2D eigenvalue weighted by Gasteiger charge is -1.77. The topological polar surface area (TPSA) is 27.6 Å². The molecule has 0 rings (SSSR count). The molecule has 0 heterocycles. The summed E-state index contributed by atoms with van der Waals surface area (Å²) in [7, 11) is 0. The molecule has 30 valence electrons. The Labute approximate surface area is 32.5 Å². The summed E-state index contributed by atoms with van der Waals surface area (Å²) in [6.07, 6.45) is 0. The van der Waals surface area contributed by atoms with Crippen LogP contribution in [0.1, 0.15) is 6.92 Å². The quantitative estimate of drug-likeness (QED) is 0.416. The van der Waals surface area contributed by atoms with E-state index >= 15 is 0 Å².